The summed E-state index contributed by atoms with van der Waals surface area (Å²) in [5.41, 5.74) is 0. The number of esters is 2. The molecule has 0 amide bonds. The van der Waals surface area contributed by atoms with Gasteiger partial charge < -0.3 is 23.8 Å². The zero-order chi connectivity index (χ0) is 45.6. The van der Waals surface area contributed by atoms with Crippen molar-refractivity contribution in [1.82, 2.24) is 0 Å². The van der Waals surface area contributed by atoms with Crippen molar-refractivity contribution >= 4 is 17.9 Å². The molecular weight excluding hydrogens is 775 g/mol. The maximum absolute atomic E-state index is 12.8. The van der Waals surface area contributed by atoms with E-state index in [9.17, 15) is 19.5 Å². The van der Waals surface area contributed by atoms with Gasteiger partial charge in [-0.1, -0.05) is 177 Å². The van der Waals surface area contributed by atoms with Crippen molar-refractivity contribution in [2.24, 2.45) is 0 Å². The highest BCUT2D eigenvalue weighted by atomic mass is 16.6. The summed E-state index contributed by atoms with van der Waals surface area (Å²) < 4.78 is 17.3. The Labute approximate surface area is 381 Å². The van der Waals surface area contributed by atoms with Crippen LogP contribution in [0.25, 0.3) is 0 Å². The molecule has 0 aliphatic carbocycles. The van der Waals surface area contributed by atoms with Gasteiger partial charge in [-0.05, 0) is 77.0 Å². The lowest BCUT2D eigenvalue weighted by Gasteiger charge is -2.31. The van der Waals surface area contributed by atoms with Crippen LogP contribution >= 0.6 is 0 Å². The number of rotatable bonds is 44. The third kappa shape index (κ3) is 42.1. The maximum atomic E-state index is 12.8. The van der Waals surface area contributed by atoms with Gasteiger partial charge in [0.15, 0.2) is 12.1 Å². The largest absolute Gasteiger partial charge is 0.477 e. The minimum Gasteiger partial charge on any atom is -0.477 e. The Morgan fingerprint density at radius 1 is 0.500 bits per heavy atom. The zero-order valence-electron chi connectivity index (χ0n) is 40.6. The molecular formula is C54H94NO7+. The Morgan fingerprint density at radius 3 is 1.39 bits per heavy atom. The van der Waals surface area contributed by atoms with Crippen LogP contribution in [0.2, 0.25) is 0 Å². The first kappa shape index (κ1) is 58.8. The predicted octanol–water partition coefficient (Wildman–Crippen LogP) is 14.3. The molecule has 0 aromatic carbocycles. The van der Waals surface area contributed by atoms with Gasteiger partial charge in [0.1, 0.15) is 6.61 Å². The van der Waals surface area contributed by atoms with E-state index in [2.05, 4.69) is 86.8 Å². The number of unbranched alkanes of at least 4 members (excludes halogenated alkanes) is 18. The molecule has 0 aliphatic rings. The molecule has 0 bridgehead atoms. The van der Waals surface area contributed by atoms with Crippen LogP contribution in [-0.4, -0.2) is 80.6 Å². The normalized spacial score (nSPS) is 13.5. The van der Waals surface area contributed by atoms with Gasteiger partial charge >= 0.3 is 17.9 Å². The Hall–Kier alpha value is -3.23. The van der Waals surface area contributed by atoms with Gasteiger partial charge in [-0.25, -0.2) is 4.79 Å². The average Bonchev–Trinajstić information content (AvgIpc) is 3.23. The number of likely N-dealkylation sites (N-methyl/N-ethyl adjacent to an activating group) is 1. The van der Waals surface area contributed by atoms with E-state index in [1.54, 1.807) is 0 Å². The first-order valence-electron chi connectivity index (χ1n) is 25.0. The Bertz CT molecular complexity index is 1240. The second-order valence-electron chi connectivity index (χ2n) is 17.7. The number of ether oxygens (including phenoxy) is 3. The molecule has 62 heavy (non-hydrogen) atoms. The summed E-state index contributed by atoms with van der Waals surface area (Å²) >= 11 is 0. The maximum Gasteiger partial charge on any atom is 0.362 e. The van der Waals surface area contributed by atoms with E-state index >= 15 is 0 Å². The van der Waals surface area contributed by atoms with Crippen LogP contribution in [0.3, 0.4) is 0 Å². The monoisotopic (exact) mass is 869 g/mol. The van der Waals surface area contributed by atoms with E-state index in [1.165, 1.54) is 103 Å². The number of carbonyl (C=O) groups is 3. The lowest BCUT2D eigenvalue weighted by Crippen LogP contribution is -2.50. The van der Waals surface area contributed by atoms with Crippen LogP contribution < -0.4 is 0 Å². The van der Waals surface area contributed by atoms with E-state index in [4.69, 9.17) is 14.2 Å². The summed E-state index contributed by atoms with van der Waals surface area (Å²) in [5.74, 6) is -1.54. The zero-order valence-corrected chi connectivity index (χ0v) is 40.6. The fourth-order valence-electron chi connectivity index (χ4n) is 7.00. The number of carboxylic acid groups (broad SMARTS) is 1. The number of quaternary nitrogens is 1. The fourth-order valence-corrected chi connectivity index (χ4v) is 7.00. The molecule has 0 fully saturated rings. The summed E-state index contributed by atoms with van der Waals surface area (Å²) in [6.07, 6.45) is 56.7. The molecule has 8 heteroatoms. The third-order valence-corrected chi connectivity index (χ3v) is 10.8. The molecule has 0 aromatic rings. The van der Waals surface area contributed by atoms with Crippen molar-refractivity contribution in [3.05, 3.63) is 72.9 Å². The van der Waals surface area contributed by atoms with Crippen LogP contribution in [0.5, 0.6) is 0 Å². The van der Waals surface area contributed by atoms with E-state index < -0.39 is 18.1 Å². The molecule has 0 heterocycles. The topological polar surface area (TPSA) is 99.1 Å². The average molecular weight is 869 g/mol. The number of hydrogen-bond donors (Lipinski definition) is 1. The molecule has 0 aliphatic heterocycles. The van der Waals surface area contributed by atoms with Gasteiger partial charge in [0.25, 0.3) is 0 Å². The molecule has 1 N–H and O–H groups in total. The van der Waals surface area contributed by atoms with Crippen LogP contribution in [0.15, 0.2) is 72.9 Å². The van der Waals surface area contributed by atoms with Crippen molar-refractivity contribution < 1.29 is 38.2 Å². The standard InChI is InChI=1S/C54H93NO7/c1-6-8-10-12-14-16-18-20-22-24-25-26-27-29-31-33-35-37-39-41-43-45-53(57)62-50(48-60-47-46-51(54(58)59)55(3,4)5)49-61-52(56)44-42-40-38-36-34-32-30-28-23-21-19-17-15-13-11-9-7-2/h8,10,14-17,21,23,30,32,36,38,50-51H,6-7,9,11-13,18-20,22,24-29,31,33-35,37,39-49H2,1-5H3/p+1/b10-8+,16-14+,17-15+,23-21+,32-30+,38-36+. The van der Waals surface area contributed by atoms with Crippen LogP contribution in [0.4, 0.5) is 0 Å². The summed E-state index contributed by atoms with van der Waals surface area (Å²) in [7, 11) is 5.51. The third-order valence-electron chi connectivity index (χ3n) is 10.8. The highest BCUT2D eigenvalue weighted by Crippen LogP contribution is 2.15. The van der Waals surface area contributed by atoms with E-state index in [1.807, 2.05) is 21.1 Å². The molecule has 0 saturated heterocycles. The lowest BCUT2D eigenvalue weighted by molar-refractivity contribution is -0.887. The number of allylic oxidation sites excluding steroid dienone is 12. The molecule has 8 nitrogen and oxygen atoms in total. The van der Waals surface area contributed by atoms with Crippen molar-refractivity contribution in [3.63, 3.8) is 0 Å². The van der Waals surface area contributed by atoms with Crippen molar-refractivity contribution in [1.29, 1.82) is 0 Å². The summed E-state index contributed by atoms with van der Waals surface area (Å²) in [4.78, 5) is 37.1. The first-order chi connectivity index (χ1) is 30.1. The van der Waals surface area contributed by atoms with Crippen LogP contribution in [-0.2, 0) is 28.6 Å². The molecule has 0 aromatic heterocycles. The minimum absolute atomic E-state index is 0.0418. The Morgan fingerprint density at radius 2 is 0.919 bits per heavy atom. The number of aliphatic carboxylic acids is 1. The van der Waals surface area contributed by atoms with Gasteiger partial charge in [0, 0.05) is 19.3 Å². The number of carbonyl (C=O) groups excluding carboxylic acids is 2. The van der Waals surface area contributed by atoms with Crippen LogP contribution in [0, 0.1) is 0 Å². The molecule has 0 rings (SSSR count). The van der Waals surface area contributed by atoms with Crippen molar-refractivity contribution in [3.8, 4) is 0 Å². The molecule has 356 valence electrons. The Kier molecular flexibility index (Phi) is 42.1. The second kappa shape index (κ2) is 44.4. The van der Waals surface area contributed by atoms with Crippen LogP contribution in [0.1, 0.15) is 200 Å². The SMILES string of the molecule is CC/C=C/C/C=C/CCCCCCCCCCCCCCCCC(=O)OC(COCCC(C(=O)O)[N+](C)(C)C)COC(=O)CCC/C=C/C/C=C/C/C=C/C/C=C/CCCCC. The lowest BCUT2D eigenvalue weighted by atomic mass is 10.0. The highest BCUT2D eigenvalue weighted by Gasteiger charge is 2.31. The Balaban J connectivity index is 4.32. The van der Waals surface area contributed by atoms with Crippen molar-refractivity contribution in [2.75, 3.05) is 41.0 Å². The minimum atomic E-state index is -0.883. The van der Waals surface area contributed by atoms with E-state index in [0.29, 0.717) is 19.3 Å². The number of carboxylic acids is 1. The molecule has 2 atom stereocenters. The van der Waals surface area contributed by atoms with Gasteiger partial charge in [-0.15, -0.1) is 0 Å². The highest BCUT2D eigenvalue weighted by molar-refractivity contribution is 5.72. The van der Waals surface area contributed by atoms with Gasteiger partial charge in [0.05, 0.1) is 34.4 Å². The van der Waals surface area contributed by atoms with E-state index in [0.717, 1.165) is 57.8 Å². The molecule has 0 saturated carbocycles. The molecule has 2 unspecified atom stereocenters. The summed E-state index contributed by atoms with van der Waals surface area (Å²) in [5, 5.41) is 9.65. The molecule has 0 spiro atoms. The fraction of sp³-hybridized carbons (Fsp3) is 0.722. The van der Waals surface area contributed by atoms with E-state index in [-0.39, 0.29) is 42.7 Å². The summed E-state index contributed by atoms with van der Waals surface area (Å²) in [6, 6.07) is -0.625. The van der Waals surface area contributed by atoms with Gasteiger partial charge in [-0.2, -0.15) is 0 Å². The number of hydrogen-bond acceptors (Lipinski definition) is 6. The first-order valence-corrected chi connectivity index (χ1v) is 25.0. The van der Waals surface area contributed by atoms with Gasteiger partial charge in [0.2, 0.25) is 0 Å². The summed E-state index contributed by atoms with van der Waals surface area (Å²) in [6.45, 7) is 4.56. The molecule has 0 radical (unpaired) electrons. The predicted molar refractivity (Wildman–Crippen MR) is 261 cm³/mol. The van der Waals surface area contributed by atoms with Crippen molar-refractivity contribution in [2.45, 2.75) is 212 Å². The smallest absolute Gasteiger partial charge is 0.362 e. The quantitative estimate of drug-likeness (QED) is 0.0282. The number of nitrogens with zero attached hydrogens (tertiary/aromatic N) is 1. The van der Waals surface area contributed by atoms with Gasteiger partial charge in [-0.3, -0.25) is 9.59 Å². The second-order valence-corrected chi connectivity index (χ2v) is 17.7.